The van der Waals surface area contributed by atoms with Gasteiger partial charge in [-0.2, -0.15) is 0 Å². The molecule has 1 heterocycles. The van der Waals surface area contributed by atoms with Crippen molar-refractivity contribution < 1.29 is 19.1 Å². The number of hydrogen-bond donors (Lipinski definition) is 0. The van der Waals surface area contributed by atoms with E-state index in [1.54, 1.807) is 12.1 Å². The summed E-state index contributed by atoms with van der Waals surface area (Å²) in [5, 5.41) is 0.632. The summed E-state index contributed by atoms with van der Waals surface area (Å²) in [4.78, 5) is 26.6. The number of carbonyl (C=O) groups is 2. The number of hydrogen-bond acceptors (Lipinski definition) is 4. The Morgan fingerprint density at radius 2 is 1.81 bits per heavy atom. The molecular weight excluding hydrogens is 426 g/mol. The lowest BCUT2D eigenvalue weighted by Crippen LogP contribution is -2.39. The fourth-order valence-electron chi connectivity index (χ4n) is 4.78. The second-order valence-electron chi connectivity index (χ2n) is 8.74. The van der Waals surface area contributed by atoms with Crippen LogP contribution in [0.5, 0.6) is 5.75 Å². The average molecular weight is 456 g/mol. The van der Waals surface area contributed by atoms with Crippen LogP contribution in [0.4, 0.5) is 0 Å². The quantitative estimate of drug-likeness (QED) is 0.522. The third-order valence-electron chi connectivity index (χ3n) is 6.64. The van der Waals surface area contributed by atoms with E-state index in [4.69, 9.17) is 21.1 Å². The number of halogens is 1. The van der Waals surface area contributed by atoms with Gasteiger partial charge in [0.05, 0.1) is 12.7 Å². The Labute approximate surface area is 194 Å². The van der Waals surface area contributed by atoms with Crippen LogP contribution in [0.15, 0.2) is 42.5 Å². The third kappa shape index (κ3) is 5.26. The van der Waals surface area contributed by atoms with E-state index in [0.717, 1.165) is 36.9 Å². The van der Waals surface area contributed by atoms with Crippen LogP contribution in [0.25, 0.3) is 0 Å². The molecule has 4 rings (SSSR count). The number of ether oxygens (including phenoxy) is 2. The lowest BCUT2D eigenvalue weighted by Gasteiger charge is -2.31. The van der Waals surface area contributed by atoms with Crippen molar-refractivity contribution in [2.75, 3.05) is 13.7 Å². The van der Waals surface area contributed by atoms with Crippen molar-refractivity contribution in [1.82, 2.24) is 4.90 Å². The summed E-state index contributed by atoms with van der Waals surface area (Å²) < 4.78 is 10.6. The van der Waals surface area contributed by atoms with Crippen LogP contribution in [0, 0.1) is 5.92 Å². The second-order valence-corrected chi connectivity index (χ2v) is 9.15. The normalized spacial score (nSPS) is 19.2. The zero-order chi connectivity index (χ0) is 22.5. The molecule has 0 spiro atoms. The van der Waals surface area contributed by atoms with Crippen LogP contribution in [-0.2, 0) is 22.6 Å². The van der Waals surface area contributed by atoms with Gasteiger partial charge in [-0.05, 0) is 61.1 Å². The summed E-state index contributed by atoms with van der Waals surface area (Å²) in [5.41, 5.74) is 2.44. The number of nitrogens with zero attached hydrogens (tertiary/aromatic N) is 1. The molecule has 2 aromatic carbocycles. The predicted octanol–water partition coefficient (Wildman–Crippen LogP) is 5.43. The van der Waals surface area contributed by atoms with Gasteiger partial charge < -0.3 is 14.4 Å². The van der Waals surface area contributed by atoms with E-state index in [0.29, 0.717) is 41.3 Å². The minimum Gasteiger partial charge on any atom is -0.489 e. The molecular formula is C26H30ClNO4. The van der Waals surface area contributed by atoms with Crippen molar-refractivity contribution >= 4 is 23.5 Å². The molecule has 6 heteroatoms. The predicted molar refractivity (Wildman–Crippen MR) is 124 cm³/mol. The van der Waals surface area contributed by atoms with E-state index in [1.165, 1.54) is 26.4 Å². The van der Waals surface area contributed by atoms with Crippen LogP contribution < -0.4 is 4.74 Å². The summed E-state index contributed by atoms with van der Waals surface area (Å²) in [7, 11) is 1.36. The Balaban J connectivity index is 1.32. The molecule has 32 heavy (non-hydrogen) atoms. The maximum Gasteiger partial charge on any atom is 0.337 e. The molecule has 1 unspecified atom stereocenters. The van der Waals surface area contributed by atoms with E-state index in [1.807, 2.05) is 30.3 Å². The highest BCUT2D eigenvalue weighted by Gasteiger charge is 2.36. The van der Waals surface area contributed by atoms with Crippen LogP contribution >= 0.6 is 11.6 Å². The van der Waals surface area contributed by atoms with Gasteiger partial charge in [0.25, 0.3) is 0 Å². The standard InChI is InChI=1S/C26H30ClNO4/c1-31-26(30)19-9-7-18(8-10-19)17-32-23-12-11-20(24(27)16-23)15-21-13-14-28(25(21)29)22-5-3-2-4-6-22/h7-12,16,21-22H,2-6,13-15,17H2,1H3. The number of esters is 1. The Bertz CT molecular complexity index is 953. The Kier molecular flexibility index (Phi) is 7.36. The zero-order valence-electron chi connectivity index (χ0n) is 18.5. The summed E-state index contributed by atoms with van der Waals surface area (Å²) in [5.74, 6) is 0.637. The monoisotopic (exact) mass is 455 g/mol. The molecule has 2 fully saturated rings. The molecule has 1 aliphatic heterocycles. The van der Waals surface area contributed by atoms with E-state index < -0.39 is 0 Å². The molecule has 0 bridgehead atoms. The SMILES string of the molecule is COC(=O)c1ccc(COc2ccc(CC3CCN(C4CCCCC4)C3=O)c(Cl)c2)cc1. The fraction of sp³-hybridized carbons (Fsp3) is 0.462. The first-order chi connectivity index (χ1) is 15.5. The van der Waals surface area contributed by atoms with Gasteiger partial charge in [0, 0.05) is 23.5 Å². The Morgan fingerprint density at radius 1 is 1.06 bits per heavy atom. The van der Waals surface area contributed by atoms with Crippen molar-refractivity contribution in [3.8, 4) is 5.75 Å². The molecule has 0 N–H and O–H groups in total. The lowest BCUT2D eigenvalue weighted by atomic mass is 9.94. The fourth-order valence-corrected chi connectivity index (χ4v) is 5.03. The van der Waals surface area contributed by atoms with Crippen LogP contribution in [0.3, 0.4) is 0 Å². The van der Waals surface area contributed by atoms with Gasteiger partial charge in [-0.3, -0.25) is 4.79 Å². The topological polar surface area (TPSA) is 55.8 Å². The number of rotatable bonds is 7. The number of benzene rings is 2. The van der Waals surface area contributed by atoms with Gasteiger partial charge in [0.2, 0.25) is 5.91 Å². The summed E-state index contributed by atoms with van der Waals surface area (Å²) >= 11 is 6.54. The van der Waals surface area contributed by atoms with Crippen molar-refractivity contribution in [3.63, 3.8) is 0 Å². The first-order valence-electron chi connectivity index (χ1n) is 11.4. The van der Waals surface area contributed by atoms with Gasteiger partial charge >= 0.3 is 5.97 Å². The minimum atomic E-state index is -0.359. The van der Waals surface area contributed by atoms with E-state index in [2.05, 4.69) is 4.90 Å². The smallest absolute Gasteiger partial charge is 0.337 e. The van der Waals surface area contributed by atoms with E-state index in [-0.39, 0.29) is 11.9 Å². The van der Waals surface area contributed by atoms with E-state index in [9.17, 15) is 9.59 Å². The molecule has 0 aromatic heterocycles. The van der Waals surface area contributed by atoms with E-state index >= 15 is 0 Å². The zero-order valence-corrected chi connectivity index (χ0v) is 19.3. The molecule has 1 atom stereocenters. The Hall–Kier alpha value is -2.53. The van der Waals surface area contributed by atoms with Crippen LogP contribution in [-0.4, -0.2) is 36.5 Å². The van der Waals surface area contributed by atoms with Gasteiger partial charge in [0.1, 0.15) is 12.4 Å². The summed E-state index contributed by atoms with van der Waals surface area (Å²) in [6.45, 7) is 1.25. The van der Waals surface area contributed by atoms with Crippen LogP contribution in [0.1, 0.15) is 60.0 Å². The number of amides is 1. The molecule has 1 aliphatic carbocycles. The lowest BCUT2D eigenvalue weighted by molar-refractivity contribution is -0.133. The maximum absolute atomic E-state index is 13.0. The maximum atomic E-state index is 13.0. The molecule has 1 amide bonds. The van der Waals surface area contributed by atoms with Crippen molar-refractivity contribution in [2.24, 2.45) is 5.92 Å². The molecule has 2 aliphatic rings. The average Bonchev–Trinajstić information content (AvgIpc) is 3.19. The third-order valence-corrected chi connectivity index (χ3v) is 6.99. The number of carbonyl (C=O) groups excluding carboxylic acids is 2. The first kappa shape index (κ1) is 22.7. The van der Waals surface area contributed by atoms with Gasteiger partial charge in [-0.25, -0.2) is 4.79 Å². The largest absolute Gasteiger partial charge is 0.489 e. The Morgan fingerprint density at radius 3 is 2.50 bits per heavy atom. The molecule has 0 radical (unpaired) electrons. The first-order valence-corrected chi connectivity index (χ1v) is 11.8. The molecule has 170 valence electrons. The molecule has 1 saturated carbocycles. The highest BCUT2D eigenvalue weighted by Crippen LogP contribution is 2.32. The van der Waals surface area contributed by atoms with Gasteiger partial charge in [0.15, 0.2) is 0 Å². The molecule has 1 saturated heterocycles. The summed E-state index contributed by atoms with van der Waals surface area (Å²) in [6.07, 6.45) is 7.66. The van der Waals surface area contributed by atoms with Crippen molar-refractivity contribution in [2.45, 2.75) is 57.6 Å². The van der Waals surface area contributed by atoms with Crippen molar-refractivity contribution in [1.29, 1.82) is 0 Å². The van der Waals surface area contributed by atoms with Crippen molar-refractivity contribution in [3.05, 3.63) is 64.2 Å². The van der Waals surface area contributed by atoms with Gasteiger partial charge in [-0.15, -0.1) is 0 Å². The molecule has 5 nitrogen and oxygen atoms in total. The second kappa shape index (κ2) is 10.4. The number of methoxy groups -OCH3 is 1. The number of likely N-dealkylation sites (tertiary alicyclic amines) is 1. The highest BCUT2D eigenvalue weighted by atomic mass is 35.5. The molecule has 2 aromatic rings. The minimum absolute atomic E-state index is 0.0227. The highest BCUT2D eigenvalue weighted by molar-refractivity contribution is 6.31. The van der Waals surface area contributed by atoms with Gasteiger partial charge in [-0.1, -0.05) is 49.1 Å². The summed E-state index contributed by atoms with van der Waals surface area (Å²) in [6, 6.07) is 13.2. The van der Waals surface area contributed by atoms with Crippen LogP contribution in [0.2, 0.25) is 5.02 Å².